The van der Waals surface area contributed by atoms with Crippen LogP contribution in [0.25, 0.3) is 0 Å². The second-order valence-corrected chi connectivity index (χ2v) is 9.08. The van der Waals surface area contributed by atoms with Crippen molar-refractivity contribution in [2.45, 2.75) is 35.0 Å². The maximum Gasteiger partial charge on any atom is 0.251 e. The van der Waals surface area contributed by atoms with Crippen molar-refractivity contribution in [1.29, 1.82) is 0 Å². The van der Waals surface area contributed by atoms with E-state index in [9.17, 15) is 9.59 Å². The number of amides is 1. The van der Waals surface area contributed by atoms with Gasteiger partial charge >= 0.3 is 0 Å². The lowest BCUT2D eigenvalue weighted by atomic mass is 9.84. The van der Waals surface area contributed by atoms with Gasteiger partial charge in [-0.25, -0.2) is 4.98 Å². The highest BCUT2D eigenvalue weighted by atomic mass is 32.2. The Balaban J connectivity index is 1.37. The zero-order chi connectivity index (χ0) is 18.1. The summed E-state index contributed by atoms with van der Waals surface area (Å²) < 4.78 is 0.833. The molecule has 3 aliphatic heterocycles. The highest BCUT2D eigenvalue weighted by molar-refractivity contribution is 8.01. The number of carbonyl (C=O) groups is 2. The van der Waals surface area contributed by atoms with Gasteiger partial charge in [-0.3, -0.25) is 9.59 Å². The molecule has 7 heteroatoms. The fourth-order valence-corrected chi connectivity index (χ4v) is 5.45. The molecule has 3 fully saturated rings. The average Bonchev–Trinajstić information content (AvgIpc) is 3.12. The number of benzene rings is 1. The molecule has 1 amide bonds. The Hall–Kier alpha value is -1.70. The first-order chi connectivity index (χ1) is 12.6. The van der Waals surface area contributed by atoms with Gasteiger partial charge in [-0.2, -0.15) is 0 Å². The molecule has 4 heterocycles. The fourth-order valence-electron chi connectivity index (χ4n) is 3.62. The third-order valence-electron chi connectivity index (χ3n) is 5.14. The van der Waals surface area contributed by atoms with Crippen molar-refractivity contribution in [3.8, 4) is 0 Å². The molecule has 0 saturated carbocycles. The van der Waals surface area contributed by atoms with Gasteiger partial charge in [0.2, 0.25) is 0 Å². The van der Waals surface area contributed by atoms with Crippen molar-refractivity contribution in [3.05, 3.63) is 40.9 Å². The Kier molecular flexibility index (Phi) is 5.11. The summed E-state index contributed by atoms with van der Waals surface area (Å²) in [4.78, 5) is 31.6. The number of fused-ring (bicyclic) bond motifs is 3. The highest BCUT2D eigenvalue weighted by Gasteiger charge is 2.34. The molecule has 0 aliphatic carbocycles. The summed E-state index contributed by atoms with van der Waals surface area (Å²) in [6.07, 6.45) is 2.38. The summed E-state index contributed by atoms with van der Waals surface area (Å²) in [5.74, 6) is 0.612. The fraction of sp³-hybridized carbons (Fsp3) is 0.421. The highest BCUT2D eigenvalue weighted by Crippen LogP contribution is 2.31. The molecule has 0 radical (unpaired) electrons. The smallest absolute Gasteiger partial charge is 0.251 e. The number of hydrogen-bond acceptors (Lipinski definition) is 6. The second-order valence-electron chi connectivity index (χ2n) is 6.90. The predicted octanol–water partition coefficient (Wildman–Crippen LogP) is 3.32. The predicted molar refractivity (Wildman–Crippen MR) is 103 cm³/mol. The lowest BCUT2D eigenvalue weighted by molar-refractivity contribution is 0.0620. The molecule has 1 atom stereocenters. The summed E-state index contributed by atoms with van der Waals surface area (Å²) in [5, 5.41) is 4.99. The van der Waals surface area contributed by atoms with E-state index in [4.69, 9.17) is 0 Å². The van der Waals surface area contributed by atoms with Gasteiger partial charge in [-0.1, -0.05) is 11.8 Å². The molecule has 1 N–H and O–H groups in total. The molecule has 26 heavy (non-hydrogen) atoms. The Labute approximate surface area is 161 Å². The minimum absolute atomic E-state index is 0.00779. The quantitative estimate of drug-likeness (QED) is 0.798. The summed E-state index contributed by atoms with van der Waals surface area (Å²) in [6.45, 7) is 4.84. The van der Waals surface area contributed by atoms with Gasteiger partial charge in [0.25, 0.3) is 5.91 Å². The van der Waals surface area contributed by atoms with Crippen molar-refractivity contribution >= 4 is 34.8 Å². The normalized spacial score (nSPS) is 24.4. The number of ketones is 1. The zero-order valence-corrected chi connectivity index (χ0v) is 16.2. The van der Waals surface area contributed by atoms with Gasteiger partial charge in [-0.15, -0.1) is 11.3 Å². The molecule has 2 bridgehead atoms. The second kappa shape index (κ2) is 7.50. The van der Waals surface area contributed by atoms with Crippen LogP contribution in [0.4, 0.5) is 0 Å². The van der Waals surface area contributed by atoms with Crippen molar-refractivity contribution < 1.29 is 9.59 Å². The number of aromatic nitrogens is 1. The van der Waals surface area contributed by atoms with Crippen LogP contribution < -0.4 is 5.32 Å². The number of carbonyl (C=O) groups excluding carboxylic acids is 2. The molecule has 3 saturated heterocycles. The van der Waals surface area contributed by atoms with Gasteiger partial charge in [0.05, 0.1) is 0 Å². The first-order valence-electron chi connectivity index (χ1n) is 8.86. The number of nitrogens with zero attached hydrogens (tertiary/aromatic N) is 2. The van der Waals surface area contributed by atoms with Gasteiger partial charge < -0.3 is 10.2 Å². The molecule has 5 nitrogen and oxygen atoms in total. The largest absolute Gasteiger partial charge is 0.348 e. The topological polar surface area (TPSA) is 62.3 Å². The minimum Gasteiger partial charge on any atom is -0.348 e. The maximum absolute atomic E-state index is 12.6. The molecule has 1 unspecified atom stereocenters. The Bertz CT molecular complexity index is 810. The van der Waals surface area contributed by atoms with Gasteiger partial charge in [0.1, 0.15) is 5.69 Å². The van der Waals surface area contributed by atoms with E-state index in [1.165, 1.54) is 56.0 Å². The summed E-state index contributed by atoms with van der Waals surface area (Å²) >= 11 is 2.97. The number of rotatable bonds is 5. The van der Waals surface area contributed by atoms with Crippen molar-refractivity contribution in [3.63, 3.8) is 0 Å². The number of piperidine rings is 3. The molecule has 1 aromatic carbocycles. The lowest BCUT2D eigenvalue weighted by Crippen LogP contribution is -2.57. The number of hydrogen-bond donors (Lipinski definition) is 1. The van der Waals surface area contributed by atoms with Crippen LogP contribution in [0, 0.1) is 5.92 Å². The lowest BCUT2D eigenvalue weighted by Gasteiger charge is -2.44. The first kappa shape index (κ1) is 17.7. The van der Waals surface area contributed by atoms with Crippen LogP contribution in [0.3, 0.4) is 0 Å². The zero-order valence-electron chi connectivity index (χ0n) is 14.6. The number of Topliss-reactive ketones (excluding diaryl/α,β-unsaturated/α-hetero) is 1. The molecule has 3 aliphatic rings. The third kappa shape index (κ3) is 3.84. The van der Waals surface area contributed by atoms with Crippen LogP contribution in [0.2, 0.25) is 0 Å². The van der Waals surface area contributed by atoms with Crippen molar-refractivity contribution in [1.82, 2.24) is 15.2 Å². The monoisotopic (exact) mass is 387 g/mol. The molecule has 136 valence electrons. The summed E-state index contributed by atoms with van der Waals surface area (Å²) in [6, 6.07) is 7.87. The Morgan fingerprint density at radius 1 is 1.23 bits per heavy atom. The average molecular weight is 388 g/mol. The first-order valence-corrected chi connectivity index (χ1v) is 10.6. The summed E-state index contributed by atoms with van der Waals surface area (Å²) in [7, 11) is 0. The Morgan fingerprint density at radius 2 is 1.96 bits per heavy atom. The van der Waals surface area contributed by atoms with Gasteiger partial charge in [-0.05, 0) is 56.1 Å². The van der Waals surface area contributed by atoms with E-state index < -0.39 is 0 Å². The SMILES string of the molecule is CC(=O)c1csc(Sc2ccc(C(=O)NC3CN4CCC3CC4)cc2)n1. The Morgan fingerprint density at radius 3 is 2.54 bits per heavy atom. The van der Waals surface area contributed by atoms with E-state index in [0.717, 1.165) is 15.8 Å². The molecule has 1 aromatic heterocycles. The van der Waals surface area contributed by atoms with Crippen LogP contribution in [-0.2, 0) is 0 Å². The van der Waals surface area contributed by atoms with Crippen LogP contribution >= 0.6 is 23.1 Å². The van der Waals surface area contributed by atoms with E-state index in [2.05, 4.69) is 15.2 Å². The molecular weight excluding hydrogens is 366 g/mol. The van der Waals surface area contributed by atoms with Crippen molar-refractivity contribution in [2.24, 2.45) is 5.92 Å². The molecule has 5 rings (SSSR count). The van der Waals surface area contributed by atoms with Crippen LogP contribution in [0.1, 0.15) is 40.6 Å². The minimum atomic E-state index is -0.0205. The summed E-state index contributed by atoms with van der Waals surface area (Å²) in [5.41, 5.74) is 1.19. The van der Waals surface area contributed by atoms with Gasteiger partial charge in [0.15, 0.2) is 10.1 Å². The molecular formula is C19H21N3O2S2. The van der Waals surface area contributed by atoms with Crippen molar-refractivity contribution in [2.75, 3.05) is 19.6 Å². The molecule has 0 spiro atoms. The van der Waals surface area contributed by atoms with E-state index in [1.54, 1.807) is 5.38 Å². The van der Waals surface area contributed by atoms with Crippen LogP contribution in [0.15, 0.2) is 38.9 Å². The van der Waals surface area contributed by atoms with E-state index in [1.807, 2.05) is 24.3 Å². The maximum atomic E-state index is 12.6. The van der Waals surface area contributed by atoms with E-state index in [-0.39, 0.29) is 17.7 Å². The standard InChI is InChI=1S/C19H21N3O2S2/c1-12(23)17-11-25-19(21-17)26-15-4-2-14(3-5-15)18(24)20-16-10-22-8-6-13(16)7-9-22/h2-5,11,13,16H,6-10H2,1H3,(H,20,24). The van der Waals surface area contributed by atoms with E-state index >= 15 is 0 Å². The van der Waals surface area contributed by atoms with Crippen LogP contribution in [0.5, 0.6) is 0 Å². The van der Waals surface area contributed by atoms with E-state index in [0.29, 0.717) is 17.2 Å². The van der Waals surface area contributed by atoms with Crippen LogP contribution in [-0.4, -0.2) is 47.3 Å². The van der Waals surface area contributed by atoms with Gasteiger partial charge in [0, 0.05) is 35.3 Å². The third-order valence-corrected chi connectivity index (χ3v) is 7.08. The number of nitrogens with one attached hydrogen (secondary N) is 1. The number of thiazole rings is 1. The molecule has 2 aromatic rings.